The van der Waals surface area contributed by atoms with Gasteiger partial charge in [-0.15, -0.1) is 12.4 Å². The van der Waals surface area contributed by atoms with Crippen LogP contribution >= 0.6 is 12.4 Å². The van der Waals surface area contributed by atoms with Crippen LogP contribution in [0.1, 0.15) is 5.56 Å². The highest BCUT2D eigenvalue weighted by Gasteiger charge is 2.12. The minimum absolute atomic E-state index is 0. The highest BCUT2D eigenvalue weighted by atomic mass is 35.5. The van der Waals surface area contributed by atoms with E-state index in [4.69, 9.17) is 9.47 Å². The zero-order chi connectivity index (χ0) is 9.10. The van der Waals surface area contributed by atoms with E-state index in [1.165, 1.54) is 0 Å². The van der Waals surface area contributed by atoms with Crippen molar-refractivity contribution in [2.45, 2.75) is 6.54 Å². The molecule has 0 spiro atoms. The largest absolute Gasteiger partial charge is 0.493 e. The highest BCUT2D eigenvalue weighted by Crippen LogP contribution is 2.31. The monoisotopic (exact) mass is 215 g/mol. The van der Waals surface area contributed by atoms with Crippen molar-refractivity contribution in [2.24, 2.45) is 0 Å². The third-order valence-corrected chi connectivity index (χ3v) is 2.12. The second-order valence-electron chi connectivity index (χ2n) is 2.97. The lowest BCUT2D eigenvalue weighted by Gasteiger charge is -2.10. The van der Waals surface area contributed by atoms with Gasteiger partial charge in [0.2, 0.25) is 0 Å². The fraction of sp³-hybridized carbons (Fsp3) is 0.400. The smallest absolute Gasteiger partial charge is 0.165 e. The molecule has 0 atom stereocenters. The van der Waals surface area contributed by atoms with Gasteiger partial charge in [-0.05, 0) is 6.07 Å². The molecule has 0 amide bonds. The van der Waals surface area contributed by atoms with Crippen LogP contribution in [0, 0.1) is 0 Å². The van der Waals surface area contributed by atoms with Crippen molar-refractivity contribution in [2.75, 3.05) is 20.3 Å². The van der Waals surface area contributed by atoms with Crippen LogP contribution < -0.4 is 14.8 Å². The zero-order valence-electron chi connectivity index (χ0n) is 8.08. The van der Waals surface area contributed by atoms with Gasteiger partial charge in [0.15, 0.2) is 11.5 Å². The van der Waals surface area contributed by atoms with Gasteiger partial charge in [0, 0.05) is 18.7 Å². The summed E-state index contributed by atoms with van der Waals surface area (Å²) in [6.07, 6.45) is 0. The Morgan fingerprint density at radius 1 is 1.43 bits per heavy atom. The molecule has 2 rings (SSSR count). The summed E-state index contributed by atoms with van der Waals surface area (Å²) in [5.74, 6) is 1.70. The Morgan fingerprint density at radius 2 is 2.29 bits per heavy atom. The summed E-state index contributed by atoms with van der Waals surface area (Å²) >= 11 is 0. The summed E-state index contributed by atoms with van der Waals surface area (Å²) in [5, 5.41) is 3.27. The molecule has 1 N–H and O–H groups in total. The van der Waals surface area contributed by atoms with Crippen molar-refractivity contribution in [1.82, 2.24) is 5.32 Å². The molecule has 1 aromatic carbocycles. The van der Waals surface area contributed by atoms with Crippen molar-refractivity contribution >= 4 is 12.4 Å². The Morgan fingerprint density at radius 3 is 3.07 bits per heavy atom. The molecule has 1 aromatic rings. The first-order chi connectivity index (χ1) is 6.42. The summed E-state index contributed by atoms with van der Waals surface area (Å²) in [7, 11) is 1.66. The van der Waals surface area contributed by atoms with Gasteiger partial charge < -0.3 is 14.8 Å². The van der Waals surface area contributed by atoms with Crippen LogP contribution in [0.4, 0.5) is 0 Å². The second-order valence-corrected chi connectivity index (χ2v) is 2.97. The molecular weight excluding hydrogens is 202 g/mol. The van der Waals surface area contributed by atoms with Crippen molar-refractivity contribution in [3.8, 4) is 11.5 Å². The maximum Gasteiger partial charge on any atom is 0.165 e. The third kappa shape index (κ3) is 2.11. The lowest BCUT2D eigenvalue weighted by Crippen LogP contribution is -2.16. The molecule has 0 saturated carbocycles. The molecule has 0 unspecified atom stereocenters. The Labute approximate surface area is 89.8 Å². The third-order valence-electron chi connectivity index (χ3n) is 2.12. The van der Waals surface area contributed by atoms with Crippen molar-refractivity contribution in [3.63, 3.8) is 0 Å². The number of para-hydroxylation sites is 1. The molecule has 0 fully saturated rings. The number of benzene rings is 1. The Balaban J connectivity index is 0.000000980. The fourth-order valence-corrected chi connectivity index (χ4v) is 1.47. The van der Waals surface area contributed by atoms with Crippen LogP contribution in [0.25, 0.3) is 0 Å². The fourth-order valence-electron chi connectivity index (χ4n) is 1.47. The predicted octanol–water partition coefficient (Wildman–Crippen LogP) is 1.60. The normalized spacial score (nSPS) is 14.4. The van der Waals surface area contributed by atoms with Crippen LogP contribution in [0.5, 0.6) is 11.5 Å². The molecule has 0 aromatic heterocycles. The second kappa shape index (κ2) is 5.08. The number of methoxy groups -OCH3 is 1. The molecule has 0 bridgehead atoms. The molecule has 78 valence electrons. The Kier molecular flexibility index (Phi) is 4.04. The molecule has 1 aliphatic rings. The summed E-state index contributed by atoms with van der Waals surface area (Å²) in [6.45, 7) is 2.44. The SMILES string of the molecule is COc1cccc2c1OCCNC2.Cl. The summed E-state index contributed by atoms with van der Waals surface area (Å²) in [5.41, 5.74) is 1.16. The number of hydrogen-bond acceptors (Lipinski definition) is 3. The maximum atomic E-state index is 5.58. The summed E-state index contributed by atoms with van der Waals surface area (Å²) in [6, 6.07) is 5.95. The topological polar surface area (TPSA) is 30.5 Å². The molecule has 0 saturated heterocycles. The van der Waals surface area contributed by atoms with Crippen LogP contribution in [-0.4, -0.2) is 20.3 Å². The first kappa shape index (κ1) is 11.1. The molecule has 14 heavy (non-hydrogen) atoms. The average Bonchev–Trinajstić information content (AvgIpc) is 2.41. The van der Waals surface area contributed by atoms with E-state index in [-0.39, 0.29) is 12.4 Å². The maximum absolute atomic E-state index is 5.58. The van der Waals surface area contributed by atoms with Gasteiger partial charge in [0.1, 0.15) is 6.61 Å². The molecule has 1 aliphatic heterocycles. The van der Waals surface area contributed by atoms with Gasteiger partial charge in [0.25, 0.3) is 0 Å². The Bertz CT molecular complexity index is 304. The van der Waals surface area contributed by atoms with Crippen LogP contribution in [0.15, 0.2) is 18.2 Å². The van der Waals surface area contributed by atoms with Crippen LogP contribution in [-0.2, 0) is 6.54 Å². The van der Waals surface area contributed by atoms with Gasteiger partial charge in [0.05, 0.1) is 7.11 Å². The molecule has 1 heterocycles. The number of halogens is 1. The van der Waals surface area contributed by atoms with Gasteiger partial charge in [-0.2, -0.15) is 0 Å². The lowest BCUT2D eigenvalue weighted by molar-refractivity contribution is 0.301. The van der Waals surface area contributed by atoms with E-state index in [1.54, 1.807) is 7.11 Å². The van der Waals surface area contributed by atoms with E-state index in [2.05, 4.69) is 11.4 Å². The summed E-state index contributed by atoms with van der Waals surface area (Å²) < 4.78 is 10.8. The minimum Gasteiger partial charge on any atom is -0.493 e. The Hall–Kier alpha value is -0.930. The molecule has 3 nitrogen and oxygen atoms in total. The first-order valence-corrected chi connectivity index (χ1v) is 4.41. The standard InChI is InChI=1S/C10H13NO2.ClH/c1-12-9-4-2-3-8-7-11-5-6-13-10(8)9;/h2-4,11H,5-7H2,1H3;1H. The number of ether oxygens (including phenoxy) is 2. The summed E-state index contributed by atoms with van der Waals surface area (Å²) in [4.78, 5) is 0. The van der Waals surface area contributed by atoms with Crippen molar-refractivity contribution < 1.29 is 9.47 Å². The predicted molar refractivity (Wildman–Crippen MR) is 57.4 cm³/mol. The van der Waals surface area contributed by atoms with Crippen molar-refractivity contribution in [3.05, 3.63) is 23.8 Å². The molecule has 0 aliphatic carbocycles. The molecule has 4 heteroatoms. The van der Waals surface area contributed by atoms with E-state index in [0.717, 1.165) is 30.2 Å². The lowest BCUT2D eigenvalue weighted by atomic mass is 10.2. The van der Waals surface area contributed by atoms with E-state index >= 15 is 0 Å². The van der Waals surface area contributed by atoms with Crippen LogP contribution in [0.3, 0.4) is 0 Å². The quantitative estimate of drug-likeness (QED) is 0.772. The number of fused-ring (bicyclic) bond motifs is 1. The van der Waals surface area contributed by atoms with Gasteiger partial charge in [-0.25, -0.2) is 0 Å². The number of nitrogens with one attached hydrogen (secondary N) is 1. The number of rotatable bonds is 1. The van der Waals surface area contributed by atoms with E-state index in [0.29, 0.717) is 6.61 Å². The molecule has 0 radical (unpaired) electrons. The average molecular weight is 216 g/mol. The van der Waals surface area contributed by atoms with E-state index in [9.17, 15) is 0 Å². The van der Waals surface area contributed by atoms with Gasteiger partial charge in [-0.1, -0.05) is 12.1 Å². The zero-order valence-corrected chi connectivity index (χ0v) is 8.89. The van der Waals surface area contributed by atoms with Gasteiger partial charge in [-0.3, -0.25) is 0 Å². The highest BCUT2D eigenvalue weighted by molar-refractivity contribution is 5.85. The van der Waals surface area contributed by atoms with E-state index in [1.807, 2.05) is 12.1 Å². The van der Waals surface area contributed by atoms with Gasteiger partial charge >= 0.3 is 0 Å². The molecular formula is C10H14ClNO2. The number of hydrogen-bond donors (Lipinski definition) is 1. The first-order valence-electron chi connectivity index (χ1n) is 4.41. The minimum atomic E-state index is 0. The van der Waals surface area contributed by atoms with E-state index < -0.39 is 0 Å². The van der Waals surface area contributed by atoms with Crippen LogP contribution in [0.2, 0.25) is 0 Å². The van der Waals surface area contributed by atoms with Crippen molar-refractivity contribution in [1.29, 1.82) is 0 Å².